The van der Waals surface area contributed by atoms with Crippen molar-refractivity contribution in [3.63, 3.8) is 0 Å². The molecule has 0 aromatic heterocycles. The quantitative estimate of drug-likeness (QED) is 0.765. The van der Waals surface area contributed by atoms with Crippen LogP contribution in [0.1, 0.15) is 33.6 Å². The van der Waals surface area contributed by atoms with Crippen molar-refractivity contribution in [3.05, 3.63) is 0 Å². The van der Waals surface area contributed by atoms with E-state index in [0.29, 0.717) is 19.6 Å². The van der Waals surface area contributed by atoms with Crippen LogP contribution in [0.4, 0.5) is 0 Å². The van der Waals surface area contributed by atoms with Crippen LogP contribution in [-0.2, 0) is 10.2 Å². The van der Waals surface area contributed by atoms with Crippen LogP contribution in [0.25, 0.3) is 0 Å². The molecule has 6 heteroatoms. The van der Waals surface area contributed by atoms with Crippen LogP contribution >= 0.6 is 0 Å². The maximum absolute atomic E-state index is 12.5. The molecule has 0 unspecified atom stereocenters. The van der Waals surface area contributed by atoms with Crippen LogP contribution in [0.5, 0.6) is 0 Å². The van der Waals surface area contributed by atoms with Crippen LogP contribution in [-0.4, -0.2) is 55.8 Å². The Hall–Kier alpha value is -0.170. The number of piperidine rings is 1. The molecular formula is C11H25N3O2S. The van der Waals surface area contributed by atoms with E-state index in [1.165, 1.54) is 0 Å². The summed E-state index contributed by atoms with van der Waals surface area (Å²) in [5.74, 6) is 0. The maximum Gasteiger partial charge on any atom is 0.282 e. The van der Waals surface area contributed by atoms with Gasteiger partial charge in [0.05, 0.1) is 0 Å². The predicted molar refractivity (Wildman–Crippen MR) is 70.1 cm³/mol. The van der Waals surface area contributed by atoms with Crippen molar-refractivity contribution in [1.29, 1.82) is 0 Å². The predicted octanol–water partition coefficient (Wildman–Crippen LogP) is 0.647. The van der Waals surface area contributed by atoms with E-state index in [-0.39, 0.29) is 6.04 Å². The van der Waals surface area contributed by atoms with E-state index in [9.17, 15) is 8.42 Å². The van der Waals surface area contributed by atoms with E-state index in [4.69, 9.17) is 0 Å². The van der Waals surface area contributed by atoms with Crippen molar-refractivity contribution in [2.45, 2.75) is 39.7 Å². The van der Waals surface area contributed by atoms with Crippen LogP contribution in [0.15, 0.2) is 0 Å². The zero-order valence-corrected chi connectivity index (χ0v) is 12.0. The minimum absolute atomic E-state index is 0.159. The molecule has 0 bridgehead atoms. The van der Waals surface area contributed by atoms with Crippen molar-refractivity contribution in [2.75, 3.05) is 32.7 Å². The molecule has 0 spiro atoms. The second-order valence-corrected chi connectivity index (χ2v) is 6.16. The summed E-state index contributed by atoms with van der Waals surface area (Å²) in [6.07, 6.45) is 1.82. The minimum Gasteiger partial charge on any atom is -0.317 e. The summed E-state index contributed by atoms with van der Waals surface area (Å²) in [4.78, 5) is 0. The van der Waals surface area contributed by atoms with Gasteiger partial charge in [-0.1, -0.05) is 20.8 Å². The minimum atomic E-state index is -3.27. The first-order chi connectivity index (χ1) is 8.07. The van der Waals surface area contributed by atoms with Gasteiger partial charge in [0.25, 0.3) is 10.2 Å². The van der Waals surface area contributed by atoms with Gasteiger partial charge in [0.1, 0.15) is 0 Å². The molecule has 17 heavy (non-hydrogen) atoms. The van der Waals surface area contributed by atoms with Gasteiger partial charge in [0, 0.05) is 25.7 Å². The maximum atomic E-state index is 12.5. The Morgan fingerprint density at radius 3 is 2.00 bits per heavy atom. The summed E-state index contributed by atoms with van der Waals surface area (Å²) >= 11 is 0. The van der Waals surface area contributed by atoms with Crippen molar-refractivity contribution < 1.29 is 8.42 Å². The summed E-state index contributed by atoms with van der Waals surface area (Å²) < 4.78 is 28.1. The Morgan fingerprint density at radius 2 is 1.59 bits per heavy atom. The summed E-state index contributed by atoms with van der Waals surface area (Å²) in [7, 11) is -3.27. The van der Waals surface area contributed by atoms with Crippen LogP contribution in [0, 0.1) is 0 Å². The van der Waals surface area contributed by atoms with E-state index in [2.05, 4.69) is 5.32 Å². The Balaban J connectivity index is 2.84. The Kier molecular flexibility index (Phi) is 5.85. The largest absolute Gasteiger partial charge is 0.317 e. The second kappa shape index (κ2) is 6.68. The highest BCUT2D eigenvalue weighted by Crippen LogP contribution is 2.18. The monoisotopic (exact) mass is 263 g/mol. The highest BCUT2D eigenvalue weighted by molar-refractivity contribution is 7.86. The average molecular weight is 263 g/mol. The molecule has 1 saturated heterocycles. The molecule has 0 aromatic carbocycles. The Bertz CT molecular complexity index is 309. The third-order valence-electron chi connectivity index (χ3n) is 3.36. The molecule has 1 rings (SSSR count). The van der Waals surface area contributed by atoms with Gasteiger partial charge in [-0.05, 0) is 25.9 Å². The topological polar surface area (TPSA) is 52.7 Å². The fraction of sp³-hybridized carbons (Fsp3) is 1.00. The molecule has 0 saturated carbocycles. The summed E-state index contributed by atoms with van der Waals surface area (Å²) in [5.41, 5.74) is 0. The molecular weight excluding hydrogens is 238 g/mol. The summed E-state index contributed by atoms with van der Waals surface area (Å²) in [5, 5.41) is 3.27. The lowest BCUT2D eigenvalue weighted by Gasteiger charge is -2.35. The normalized spacial score (nSPS) is 19.1. The molecule has 1 aliphatic heterocycles. The molecule has 102 valence electrons. The zero-order valence-electron chi connectivity index (χ0n) is 11.1. The fourth-order valence-corrected chi connectivity index (χ4v) is 4.27. The van der Waals surface area contributed by atoms with E-state index in [1.807, 2.05) is 20.8 Å². The van der Waals surface area contributed by atoms with E-state index in [0.717, 1.165) is 25.9 Å². The van der Waals surface area contributed by atoms with Crippen LogP contribution in [0.2, 0.25) is 0 Å². The van der Waals surface area contributed by atoms with Crippen molar-refractivity contribution in [2.24, 2.45) is 0 Å². The number of rotatable bonds is 6. The molecule has 1 fully saturated rings. The molecule has 1 aliphatic rings. The smallest absolute Gasteiger partial charge is 0.282 e. The first kappa shape index (κ1) is 14.9. The molecule has 0 aliphatic carbocycles. The molecule has 0 atom stereocenters. The lowest BCUT2D eigenvalue weighted by atomic mass is 10.1. The first-order valence-electron chi connectivity index (χ1n) is 6.55. The Morgan fingerprint density at radius 1 is 1.06 bits per heavy atom. The third kappa shape index (κ3) is 3.40. The van der Waals surface area contributed by atoms with Crippen LogP contribution in [0.3, 0.4) is 0 Å². The van der Waals surface area contributed by atoms with E-state index in [1.54, 1.807) is 8.61 Å². The molecule has 1 N–H and O–H groups in total. The number of hydrogen-bond donors (Lipinski definition) is 1. The first-order valence-corrected chi connectivity index (χ1v) is 7.95. The van der Waals surface area contributed by atoms with Crippen molar-refractivity contribution >= 4 is 10.2 Å². The fourth-order valence-electron chi connectivity index (χ4n) is 2.40. The van der Waals surface area contributed by atoms with Crippen LogP contribution < -0.4 is 5.32 Å². The van der Waals surface area contributed by atoms with Gasteiger partial charge in [-0.25, -0.2) is 0 Å². The van der Waals surface area contributed by atoms with E-state index >= 15 is 0 Å². The average Bonchev–Trinajstić information content (AvgIpc) is 2.32. The lowest BCUT2D eigenvalue weighted by Crippen LogP contribution is -2.51. The van der Waals surface area contributed by atoms with Gasteiger partial charge in [0.15, 0.2) is 0 Å². The van der Waals surface area contributed by atoms with Gasteiger partial charge in [-0.2, -0.15) is 17.0 Å². The third-order valence-corrected chi connectivity index (χ3v) is 5.67. The van der Waals surface area contributed by atoms with Gasteiger partial charge >= 0.3 is 0 Å². The van der Waals surface area contributed by atoms with Crippen molar-refractivity contribution in [1.82, 2.24) is 13.9 Å². The van der Waals surface area contributed by atoms with Gasteiger partial charge in [-0.3, -0.25) is 0 Å². The van der Waals surface area contributed by atoms with Crippen molar-refractivity contribution in [3.8, 4) is 0 Å². The molecule has 0 radical (unpaired) electrons. The zero-order chi connectivity index (χ0) is 12.9. The molecule has 0 aromatic rings. The number of nitrogens with one attached hydrogen (secondary N) is 1. The summed E-state index contributed by atoms with van der Waals surface area (Å²) in [6.45, 7) is 9.16. The molecule has 0 amide bonds. The SMILES string of the molecule is CCN(CC)S(=O)(=O)N(CC)C1CCNCC1. The highest BCUT2D eigenvalue weighted by Gasteiger charge is 2.32. The molecule has 1 heterocycles. The van der Waals surface area contributed by atoms with Gasteiger partial charge in [0.2, 0.25) is 0 Å². The molecule has 5 nitrogen and oxygen atoms in total. The van der Waals surface area contributed by atoms with Gasteiger partial charge < -0.3 is 5.32 Å². The summed E-state index contributed by atoms with van der Waals surface area (Å²) in [6, 6.07) is 0.159. The van der Waals surface area contributed by atoms with E-state index < -0.39 is 10.2 Å². The number of hydrogen-bond acceptors (Lipinski definition) is 3. The number of nitrogens with zero attached hydrogens (tertiary/aromatic N) is 2. The van der Waals surface area contributed by atoms with Gasteiger partial charge in [-0.15, -0.1) is 0 Å². The second-order valence-electron chi connectivity index (χ2n) is 4.28. The standard InChI is InChI=1S/C11H25N3O2S/c1-4-13(5-2)17(15,16)14(6-3)11-7-9-12-10-8-11/h11-12H,4-10H2,1-3H3. The Labute approximate surface area is 105 Å². The highest BCUT2D eigenvalue weighted by atomic mass is 32.2. The lowest BCUT2D eigenvalue weighted by molar-refractivity contribution is 0.251.